The Morgan fingerprint density at radius 2 is 1.52 bits per heavy atom. The maximum Gasteiger partial charge on any atom is 0.343 e. The van der Waals surface area contributed by atoms with Crippen LogP contribution in [0.5, 0.6) is 5.75 Å². The maximum absolute atomic E-state index is 14.4. The highest BCUT2D eigenvalue weighted by Crippen LogP contribution is 2.21. The molecule has 1 aromatic heterocycles. The minimum Gasteiger partial charge on any atom is -0.423 e. The van der Waals surface area contributed by atoms with Gasteiger partial charge in [-0.05, 0) is 55.0 Å². The van der Waals surface area contributed by atoms with Gasteiger partial charge in [0.2, 0.25) is 0 Å². The number of carbonyl (C=O) groups excluding carboxylic acids is 1. The fourth-order valence-corrected chi connectivity index (χ4v) is 3.67. The first-order valence-corrected chi connectivity index (χ1v) is 12.0. The summed E-state index contributed by atoms with van der Waals surface area (Å²) in [5, 5.41) is 0. The summed E-state index contributed by atoms with van der Waals surface area (Å²) in [4.78, 5) is 21.4. The Balaban J connectivity index is 1.57. The number of unbranched alkanes of at least 4 members (excludes halogenated alkanes) is 5. The van der Waals surface area contributed by atoms with Crippen molar-refractivity contribution >= 4 is 5.97 Å². The van der Waals surface area contributed by atoms with Crippen molar-refractivity contribution in [3.05, 3.63) is 77.4 Å². The number of benzene rings is 2. The number of hydrogen-bond acceptors (Lipinski definition) is 4. The van der Waals surface area contributed by atoms with E-state index in [1.807, 2.05) is 12.4 Å². The predicted molar refractivity (Wildman–Crippen MR) is 130 cm³/mol. The number of aromatic nitrogens is 2. The Labute approximate surface area is 196 Å². The van der Waals surface area contributed by atoms with Crippen molar-refractivity contribution in [2.75, 3.05) is 0 Å². The van der Waals surface area contributed by atoms with E-state index < -0.39 is 5.97 Å². The van der Waals surface area contributed by atoms with Crippen LogP contribution < -0.4 is 4.74 Å². The van der Waals surface area contributed by atoms with Crippen LogP contribution in [-0.2, 0) is 12.8 Å². The molecule has 2 aromatic carbocycles. The summed E-state index contributed by atoms with van der Waals surface area (Å²) in [7, 11) is 0. The minimum absolute atomic E-state index is 0.209. The molecular weight excluding hydrogens is 415 g/mol. The van der Waals surface area contributed by atoms with Gasteiger partial charge in [-0.1, -0.05) is 64.2 Å². The summed E-state index contributed by atoms with van der Waals surface area (Å²) in [6.07, 6.45) is 13.3. The first kappa shape index (κ1) is 24.6. The lowest BCUT2D eigenvalue weighted by Crippen LogP contribution is -2.09. The summed E-state index contributed by atoms with van der Waals surface area (Å²) in [5.74, 6) is -0.0297. The van der Waals surface area contributed by atoms with Crippen molar-refractivity contribution < 1.29 is 13.9 Å². The van der Waals surface area contributed by atoms with Crippen LogP contribution in [0.4, 0.5) is 4.39 Å². The molecule has 0 amide bonds. The second-order valence-corrected chi connectivity index (χ2v) is 8.40. The second kappa shape index (κ2) is 12.8. The maximum atomic E-state index is 14.4. The van der Waals surface area contributed by atoms with Crippen LogP contribution in [0.1, 0.15) is 80.3 Å². The van der Waals surface area contributed by atoms with E-state index in [1.165, 1.54) is 18.9 Å². The van der Waals surface area contributed by atoms with Gasteiger partial charge in [0.25, 0.3) is 0 Å². The van der Waals surface area contributed by atoms with Gasteiger partial charge in [0.15, 0.2) is 5.82 Å². The molecule has 33 heavy (non-hydrogen) atoms. The van der Waals surface area contributed by atoms with Crippen LogP contribution in [-0.4, -0.2) is 15.9 Å². The number of carbonyl (C=O) groups is 1. The lowest BCUT2D eigenvalue weighted by atomic mass is 10.1. The zero-order chi connectivity index (χ0) is 23.5. The van der Waals surface area contributed by atoms with Crippen molar-refractivity contribution in [2.45, 2.75) is 71.6 Å². The van der Waals surface area contributed by atoms with Gasteiger partial charge in [0.05, 0.1) is 5.56 Å². The van der Waals surface area contributed by atoms with Crippen LogP contribution >= 0.6 is 0 Å². The minimum atomic E-state index is -0.524. The topological polar surface area (TPSA) is 52.1 Å². The van der Waals surface area contributed by atoms with Gasteiger partial charge < -0.3 is 4.74 Å². The van der Waals surface area contributed by atoms with E-state index in [0.717, 1.165) is 49.7 Å². The molecule has 1 heterocycles. The zero-order valence-corrected chi connectivity index (χ0v) is 19.6. The molecule has 0 aliphatic heterocycles. The number of ether oxygens (including phenoxy) is 1. The van der Waals surface area contributed by atoms with E-state index in [0.29, 0.717) is 23.4 Å². The van der Waals surface area contributed by atoms with Crippen molar-refractivity contribution in [3.8, 4) is 17.1 Å². The predicted octanol–water partition coefficient (Wildman–Crippen LogP) is 7.36. The van der Waals surface area contributed by atoms with Gasteiger partial charge in [0.1, 0.15) is 11.6 Å². The molecule has 3 rings (SSSR count). The third-order valence-corrected chi connectivity index (χ3v) is 5.69. The van der Waals surface area contributed by atoms with Crippen LogP contribution in [0, 0.1) is 5.82 Å². The first-order chi connectivity index (χ1) is 16.1. The molecular formula is C28H33FN2O2. The van der Waals surface area contributed by atoms with Gasteiger partial charge in [0, 0.05) is 24.0 Å². The number of rotatable bonds is 12. The standard InChI is InChI=1S/C28H33FN2O2/c1-3-5-7-9-11-22-16-17-25(18-26(22)29)33-28(32)24-14-12-23(13-15-24)27-30-19-21(20-31-27)10-8-6-4-2/h12-20H,3-11H2,1-2H3. The molecule has 0 aliphatic carbocycles. The summed E-state index contributed by atoms with van der Waals surface area (Å²) in [6.45, 7) is 4.33. The number of aryl methyl sites for hydroxylation is 2. The van der Waals surface area contributed by atoms with Crippen LogP contribution in [0.15, 0.2) is 54.9 Å². The molecule has 0 atom stereocenters. The van der Waals surface area contributed by atoms with E-state index in [2.05, 4.69) is 23.8 Å². The Hall–Kier alpha value is -3.08. The fourth-order valence-electron chi connectivity index (χ4n) is 3.67. The molecule has 174 valence electrons. The van der Waals surface area contributed by atoms with Gasteiger partial charge >= 0.3 is 5.97 Å². The van der Waals surface area contributed by atoms with Crippen LogP contribution in [0.3, 0.4) is 0 Å². The van der Waals surface area contributed by atoms with Gasteiger partial charge in [-0.25, -0.2) is 19.2 Å². The number of halogens is 1. The van der Waals surface area contributed by atoms with E-state index in [-0.39, 0.29) is 11.6 Å². The average Bonchev–Trinajstić information content (AvgIpc) is 2.84. The van der Waals surface area contributed by atoms with Crippen LogP contribution in [0.25, 0.3) is 11.4 Å². The molecule has 0 unspecified atom stereocenters. The molecule has 5 heteroatoms. The van der Waals surface area contributed by atoms with Crippen LogP contribution in [0.2, 0.25) is 0 Å². The third-order valence-electron chi connectivity index (χ3n) is 5.69. The Morgan fingerprint density at radius 1 is 0.848 bits per heavy atom. The van der Waals surface area contributed by atoms with Gasteiger partial charge in [-0.15, -0.1) is 0 Å². The highest BCUT2D eigenvalue weighted by molar-refractivity contribution is 5.91. The molecule has 0 fully saturated rings. The highest BCUT2D eigenvalue weighted by Gasteiger charge is 2.12. The highest BCUT2D eigenvalue weighted by atomic mass is 19.1. The van der Waals surface area contributed by atoms with E-state index in [1.54, 1.807) is 36.4 Å². The zero-order valence-electron chi connectivity index (χ0n) is 19.6. The van der Waals surface area contributed by atoms with E-state index >= 15 is 0 Å². The van der Waals surface area contributed by atoms with Crippen molar-refractivity contribution in [3.63, 3.8) is 0 Å². The quantitative estimate of drug-likeness (QED) is 0.165. The fraction of sp³-hybridized carbons (Fsp3) is 0.393. The lowest BCUT2D eigenvalue weighted by molar-refractivity contribution is 0.0734. The molecule has 0 N–H and O–H groups in total. The van der Waals surface area contributed by atoms with Gasteiger partial charge in [-0.3, -0.25) is 0 Å². The monoisotopic (exact) mass is 448 g/mol. The third kappa shape index (κ3) is 7.48. The molecule has 3 aromatic rings. The molecule has 0 saturated heterocycles. The summed E-state index contributed by atoms with van der Waals surface area (Å²) >= 11 is 0. The normalized spacial score (nSPS) is 10.9. The summed E-state index contributed by atoms with van der Waals surface area (Å²) < 4.78 is 19.7. The Bertz CT molecular complexity index is 1020. The molecule has 0 aliphatic rings. The Morgan fingerprint density at radius 3 is 2.18 bits per heavy atom. The van der Waals surface area contributed by atoms with Crippen molar-refractivity contribution in [1.29, 1.82) is 0 Å². The number of nitrogens with zero attached hydrogens (tertiary/aromatic N) is 2. The first-order valence-electron chi connectivity index (χ1n) is 12.0. The number of esters is 1. The lowest BCUT2D eigenvalue weighted by Gasteiger charge is -2.08. The van der Waals surface area contributed by atoms with E-state index in [9.17, 15) is 9.18 Å². The molecule has 4 nitrogen and oxygen atoms in total. The SMILES string of the molecule is CCCCCCc1ccc(OC(=O)c2ccc(-c3ncc(CCCCC)cn3)cc2)cc1F. The van der Waals surface area contributed by atoms with Gasteiger partial charge in [-0.2, -0.15) is 0 Å². The van der Waals surface area contributed by atoms with Crippen molar-refractivity contribution in [1.82, 2.24) is 9.97 Å². The number of hydrogen-bond donors (Lipinski definition) is 0. The molecule has 0 radical (unpaired) electrons. The average molecular weight is 449 g/mol. The second-order valence-electron chi connectivity index (χ2n) is 8.40. The van der Waals surface area contributed by atoms with Crippen molar-refractivity contribution in [2.24, 2.45) is 0 Å². The Kier molecular flexibility index (Phi) is 9.55. The summed E-state index contributed by atoms with van der Waals surface area (Å²) in [6, 6.07) is 11.6. The van der Waals surface area contributed by atoms with E-state index in [4.69, 9.17) is 4.74 Å². The largest absolute Gasteiger partial charge is 0.423 e. The summed E-state index contributed by atoms with van der Waals surface area (Å²) in [5.41, 5.74) is 3.00. The molecule has 0 saturated carbocycles. The smallest absolute Gasteiger partial charge is 0.343 e. The molecule has 0 bridgehead atoms. The molecule has 0 spiro atoms.